The Morgan fingerprint density at radius 2 is 1.89 bits per heavy atom. The average Bonchev–Trinajstić information content (AvgIpc) is 3.94. The second kappa shape index (κ2) is 11.2. The number of thiazole rings is 1. The predicted molar refractivity (Wildman–Crippen MR) is 177 cm³/mol. The first-order chi connectivity index (χ1) is 23.3. The molecule has 2 bridgehead atoms. The van der Waals surface area contributed by atoms with Gasteiger partial charge in [0.05, 0.1) is 19.5 Å². The molecule has 0 radical (unpaired) electrons. The van der Waals surface area contributed by atoms with Crippen molar-refractivity contribution in [1.29, 1.82) is 0 Å². The van der Waals surface area contributed by atoms with E-state index in [9.17, 15) is 13.2 Å². The predicted octanol–water partition coefficient (Wildman–Crippen LogP) is 7.18. The molecule has 8 rings (SSSR count). The Morgan fingerprint density at radius 1 is 1.17 bits per heavy atom. The third-order valence-corrected chi connectivity index (χ3v) is 13.2. The van der Waals surface area contributed by atoms with Gasteiger partial charge < -0.3 is 14.7 Å². The van der Waals surface area contributed by atoms with Crippen molar-refractivity contribution in [2.75, 3.05) is 4.90 Å². The number of halogens is 3. The number of piperidine rings is 1. The van der Waals surface area contributed by atoms with Gasteiger partial charge in [-0.15, -0.1) is 0 Å². The lowest BCUT2D eigenvalue weighted by atomic mass is 9.97. The van der Waals surface area contributed by atoms with E-state index in [0.29, 0.717) is 43.6 Å². The van der Waals surface area contributed by atoms with Crippen LogP contribution in [0.15, 0.2) is 34.9 Å². The molecule has 4 fully saturated rings. The number of amides is 1. The van der Waals surface area contributed by atoms with Crippen molar-refractivity contribution >= 4 is 65.8 Å². The summed E-state index contributed by atoms with van der Waals surface area (Å²) in [5.41, 5.74) is 2.20. The van der Waals surface area contributed by atoms with Crippen LogP contribution in [0.3, 0.4) is 0 Å². The van der Waals surface area contributed by atoms with E-state index in [1.165, 1.54) is 17.4 Å². The first-order valence-corrected chi connectivity index (χ1v) is 18.4. The van der Waals surface area contributed by atoms with E-state index in [1.54, 1.807) is 18.2 Å². The van der Waals surface area contributed by atoms with Crippen molar-refractivity contribution in [3.05, 3.63) is 63.1 Å². The van der Waals surface area contributed by atoms with E-state index < -0.39 is 33.3 Å². The largest absolute Gasteiger partial charge is 0.360 e. The minimum atomic E-state index is -4.52. The van der Waals surface area contributed by atoms with Gasteiger partial charge in [0.1, 0.15) is 17.0 Å². The van der Waals surface area contributed by atoms with Crippen LogP contribution in [0.5, 0.6) is 0 Å². The van der Waals surface area contributed by atoms with Crippen LogP contribution in [-0.4, -0.2) is 47.3 Å². The number of fused-ring (bicyclic) bond motifs is 3. The number of nitrogens with one attached hydrogen (secondary N) is 2. The minimum absolute atomic E-state index is 0.0766. The SMILES string of the molecule is [2H]C([2H])([2H])C1(S(=O)(=O)NC(=O)c2cc(F)c3nc(N4C5CCC4CC(NCc4c(-c6c(Cl)cccc6Cl)noc4C4CC4)C5)sc3c2)CC1. The van der Waals surface area contributed by atoms with Crippen LogP contribution in [0, 0.1) is 5.82 Å². The maximum Gasteiger partial charge on any atom is 0.264 e. The van der Waals surface area contributed by atoms with E-state index in [2.05, 4.69) is 20.4 Å². The molecule has 9 nitrogen and oxygen atoms in total. The highest BCUT2D eigenvalue weighted by molar-refractivity contribution is 7.91. The Labute approximate surface area is 284 Å². The third-order valence-electron chi connectivity index (χ3n) is 9.63. The van der Waals surface area contributed by atoms with Gasteiger partial charge in [-0.3, -0.25) is 4.79 Å². The topological polar surface area (TPSA) is 117 Å². The highest BCUT2D eigenvalue weighted by atomic mass is 35.5. The zero-order chi connectivity index (χ0) is 34.5. The number of hydrogen-bond acceptors (Lipinski definition) is 9. The summed E-state index contributed by atoms with van der Waals surface area (Å²) in [6, 6.07) is 8.29. The van der Waals surface area contributed by atoms with Gasteiger partial charge in [-0.05, 0) is 82.5 Å². The van der Waals surface area contributed by atoms with Gasteiger partial charge >= 0.3 is 0 Å². The van der Waals surface area contributed by atoms with Gasteiger partial charge in [-0.1, -0.05) is 45.8 Å². The highest BCUT2D eigenvalue weighted by Crippen LogP contribution is 2.47. The summed E-state index contributed by atoms with van der Waals surface area (Å²) in [4.78, 5) is 19.8. The van der Waals surface area contributed by atoms with Crippen molar-refractivity contribution < 1.29 is 26.2 Å². The molecule has 46 heavy (non-hydrogen) atoms. The first kappa shape index (κ1) is 27.2. The lowest BCUT2D eigenvalue weighted by Gasteiger charge is -2.39. The molecule has 4 heterocycles. The van der Waals surface area contributed by atoms with Gasteiger partial charge in [0, 0.05) is 51.4 Å². The summed E-state index contributed by atoms with van der Waals surface area (Å²) in [6.07, 6.45) is 5.56. The molecule has 2 aromatic heterocycles. The molecular formula is C32H32Cl2FN5O4S2. The Bertz CT molecular complexity index is 2070. The number of anilines is 1. The van der Waals surface area contributed by atoms with E-state index in [1.807, 2.05) is 4.72 Å². The molecule has 2 saturated carbocycles. The molecule has 4 aromatic rings. The van der Waals surface area contributed by atoms with Crippen LogP contribution in [0.25, 0.3) is 21.5 Å². The number of sulfonamides is 1. The van der Waals surface area contributed by atoms with Gasteiger partial charge in [0.15, 0.2) is 10.9 Å². The average molecular weight is 708 g/mol. The van der Waals surface area contributed by atoms with Gasteiger partial charge in [-0.2, -0.15) is 0 Å². The normalized spacial score (nSPS) is 24.9. The van der Waals surface area contributed by atoms with E-state index in [-0.39, 0.29) is 42.0 Å². The van der Waals surface area contributed by atoms with Gasteiger partial charge in [0.2, 0.25) is 10.0 Å². The van der Waals surface area contributed by atoms with Crippen molar-refractivity contribution in [3.63, 3.8) is 0 Å². The fraction of sp³-hybridized carbons (Fsp3) is 0.469. The van der Waals surface area contributed by atoms with E-state index >= 15 is 4.39 Å². The number of hydrogen-bond donors (Lipinski definition) is 2. The number of carbonyl (C=O) groups is 1. The lowest BCUT2D eigenvalue weighted by Crippen LogP contribution is -2.49. The Morgan fingerprint density at radius 3 is 2.54 bits per heavy atom. The standard InChI is InChI=1S/C32H32Cl2FN5O4S2/c1-32(9-10-32)46(42,43)39-30(41)17-11-24(35)28-25(12-17)45-31(37-28)40-19-7-8-20(40)14-18(13-19)36-15-21-27(38-44-29(21)16-5-6-16)26-22(33)3-2-4-23(26)34/h2-4,11-12,16,18-20,36H,5-10,13-15H2,1H3,(H,39,41)/i1D3. The first-order valence-electron chi connectivity index (χ1n) is 16.9. The smallest absolute Gasteiger partial charge is 0.264 e. The van der Waals surface area contributed by atoms with Crippen molar-refractivity contribution in [3.8, 4) is 11.3 Å². The summed E-state index contributed by atoms with van der Waals surface area (Å²) in [6.45, 7) is -2.23. The molecule has 0 spiro atoms. The maximum atomic E-state index is 15.3. The van der Waals surface area contributed by atoms with Crippen LogP contribution in [0.1, 0.15) is 89.9 Å². The summed E-state index contributed by atoms with van der Waals surface area (Å²) < 4.78 is 70.1. The summed E-state index contributed by atoms with van der Waals surface area (Å²) in [5.74, 6) is -0.601. The van der Waals surface area contributed by atoms with Crippen LogP contribution in [0.4, 0.5) is 9.52 Å². The number of rotatable bonds is 9. The molecule has 1 amide bonds. The Hall–Kier alpha value is -2.77. The van der Waals surface area contributed by atoms with Crippen molar-refractivity contribution in [2.45, 2.75) is 93.6 Å². The Kier molecular flexibility index (Phi) is 6.60. The highest BCUT2D eigenvalue weighted by Gasteiger charge is 2.51. The van der Waals surface area contributed by atoms with E-state index in [0.717, 1.165) is 55.9 Å². The van der Waals surface area contributed by atoms with E-state index in [4.69, 9.17) is 31.8 Å². The molecule has 242 valence electrons. The van der Waals surface area contributed by atoms with Crippen LogP contribution < -0.4 is 14.9 Å². The molecule has 2 N–H and O–H groups in total. The second-order valence-corrected chi connectivity index (χ2v) is 16.6. The zero-order valence-electron chi connectivity index (χ0n) is 27.5. The fourth-order valence-corrected chi connectivity index (χ4v) is 9.80. The lowest BCUT2D eigenvalue weighted by molar-refractivity contribution is 0.0980. The van der Waals surface area contributed by atoms with Crippen LogP contribution in [0.2, 0.25) is 10.0 Å². The van der Waals surface area contributed by atoms with Gasteiger partial charge in [0.25, 0.3) is 5.91 Å². The van der Waals surface area contributed by atoms with Crippen LogP contribution in [-0.2, 0) is 16.6 Å². The quantitative estimate of drug-likeness (QED) is 0.188. The summed E-state index contributed by atoms with van der Waals surface area (Å²) >= 11 is 14.4. The Balaban J connectivity index is 0.984. The van der Waals surface area contributed by atoms with Gasteiger partial charge in [-0.25, -0.2) is 22.5 Å². The molecule has 2 saturated heterocycles. The molecule has 2 aromatic carbocycles. The molecular weight excluding hydrogens is 672 g/mol. The fourth-order valence-electron chi connectivity index (χ4n) is 6.86. The monoisotopic (exact) mass is 706 g/mol. The summed E-state index contributed by atoms with van der Waals surface area (Å²) in [7, 11) is -4.52. The number of aromatic nitrogens is 2. The molecule has 2 aliphatic heterocycles. The van der Waals surface area contributed by atoms with Crippen molar-refractivity contribution in [2.24, 2.45) is 0 Å². The second-order valence-electron chi connectivity index (χ2n) is 12.8. The van der Waals surface area contributed by atoms with Crippen LogP contribution >= 0.6 is 34.5 Å². The molecule has 4 aliphatic rings. The maximum absolute atomic E-state index is 15.3. The number of nitrogens with zero attached hydrogens (tertiary/aromatic N) is 3. The zero-order valence-corrected chi connectivity index (χ0v) is 27.6. The number of benzene rings is 2. The molecule has 2 aliphatic carbocycles. The minimum Gasteiger partial charge on any atom is -0.360 e. The van der Waals surface area contributed by atoms with Crippen molar-refractivity contribution in [1.82, 2.24) is 20.2 Å². The number of carbonyl (C=O) groups excluding carboxylic acids is 1. The summed E-state index contributed by atoms with van der Waals surface area (Å²) in [5, 5.41) is 9.83. The molecule has 2 unspecified atom stereocenters. The third kappa shape index (κ3) is 5.30. The molecule has 14 heteroatoms. The molecule has 2 atom stereocenters.